The third kappa shape index (κ3) is 4.43. The predicted octanol–water partition coefficient (Wildman–Crippen LogP) is 4.32. The summed E-state index contributed by atoms with van der Waals surface area (Å²) in [5.41, 5.74) is 1.22. The van der Waals surface area contributed by atoms with Crippen molar-refractivity contribution in [2.24, 2.45) is 0 Å². The van der Waals surface area contributed by atoms with E-state index < -0.39 is 18.5 Å². The third-order valence-corrected chi connectivity index (χ3v) is 3.63. The lowest BCUT2D eigenvalue weighted by Crippen LogP contribution is -2.12. The maximum absolute atomic E-state index is 12.3. The summed E-state index contributed by atoms with van der Waals surface area (Å²) in [7, 11) is 0. The Hall–Kier alpha value is -3.25. The second-order valence-corrected chi connectivity index (χ2v) is 5.78. The van der Waals surface area contributed by atoms with Crippen molar-refractivity contribution >= 4 is 29.2 Å². The van der Waals surface area contributed by atoms with Gasteiger partial charge in [-0.3, -0.25) is 4.79 Å². The van der Waals surface area contributed by atoms with Crippen molar-refractivity contribution in [1.29, 1.82) is 0 Å². The second kappa shape index (κ2) is 7.76. The van der Waals surface area contributed by atoms with Gasteiger partial charge >= 0.3 is 5.97 Å². The van der Waals surface area contributed by atoms with E-state index in [1.807, 2.05) is 6.07 Å². The van der Waals surface area contributed by atoms with Crippen LogP contribution in [-0.4, -0.2) is 23.6 Å². The molecule has 0 aliphatic carbocycles. The molecule has 1 aromatic heterocycles. The summed E-state index contributed by atoms with van der Waals surface area (Å²) in [5, 5.41) is 11.9. The van der Waals surface area contributed by atoms with Gasteiger partial charge in [0.2, 0.25) is 0 Å². The molecule has 0 unspecified atom stereocenters. The zero-order valence-electron chi connectivity index (χ0n) is 13.4. The van der Waals surface area contributed by atoms with Gasteiger partial charge in [0.25, 0.3) is 5.91 Å². The largest absolute Gasteiger partial charge is 0.482 e. The normalized spacial score (nSPS) is 10.3. The molecule has 1 amide bonds. The van der Waals surface area contributed by atoms with E-state index in [9.17, 15) is 9.59 Å². The molecule has 0 bridgehead atoms. The number of benzene rings is 2. The Morgan fingerprint density at radius 3 is 2.65 bits per heavy atom. The fraction of sp³-hybridized carbons (Fsp3) is 0.0526. The van der Waals surface area contributed by atoms with Crippen LogP contribution in [0.1, 0.15) is 10.6 Å². The number of nitrogens with one attached hydrogen (secondary N) is 1. The number of amides is 1. The van der Waals surface area contributed by atoms with Gasteiger partial charge in [0, 0.05) is 22.3 Å². The molecule has 0 radical (unpaired) electrons. The van der Waals surface area contributed by atoms with Crippen LogP contribution in [0.25, 0.3) is 11.3 Å². The second-order valence-electron chi connectivity index (χ2n) is 5.34. The van der Waals surface area contributed by atoms with Crippen molar-refractivity contribution in [3.05, 3.63) is 71.4 Å². The van der Waals surface area contributed by atoms with Gasteiger partial charge in [0.1, 0.15) is 11.5 Å². The average molecular weight is 372 g/mol. The maximum Gasteiger partial charge on any atom is 0.341 e. The highest BCUT2D eigenvalue weighted by Crippen LogP contribution is 2.25. The molecule has 0 saturated carbocycles. The van der Waals surface area contributed by atoms with Crippen LogP contribution in [0.5, 0.6) is 5.75 Å². The number of hydrogen-bond acceptors (Lipinski definition) is 4. The van der Waals surface area contributed by atoms with Crippen molar-refractivity contribution in [3.63, 3.8) is 0 Å². The smallest absolute Gasteiger partial charge is 0.341 e. The minimum absolute atomic E-state index is 0.136. The Morgan fingerprint density at radius 1 is 1.08 bits per heavy atom. The van der Waals surface area contributed by atoms with Crippen LogP contribution in [0.2, 0.25) is 5.02 Å². The number of rotatable bonds is 6. The van der Waals surface area contributed by atoms with Crippen molar-refractivity contribution < 1.29 is 23.8 Å². The lowest BCUT2D eigenvalue weighted by Gasteiger charge is -2.07. The number of ether oxygens (including phenoxy) is 1. The standard InChI is InChI=1S/C19H14ClNO5/c20-13-4-1-3-12(9-13)16-7-8-17(26-16)19(24)21-14-5-2-6-15(10-14)25-11-18(22)23/h1-10H,11H2,(H,21,24)(H,22,23). The highest BCUT2D eigenvalue weighted by atomic mass is 35.5. The van der Waals surface area contributed by atoms with Crippen LogP contribution in [0.15, 0.2) is 65.1 Å². The SMILES string of the molecule is O=C(O)COc1cccc(NC(=O)c2ccc(-c3cccc(Cl)c3)o2)c1. The first-order valence-corrected chi connectivity index (χ1v) is 8.01. The topological polar surface area (TPSA) is 88.8 Å². The van der Waals surface area contributed by atoms with E-state index in [4.69, 9.17) is 25.9 Å². The van der Waals surface area contributed by atoms with Crippen molar-refractivity contribution in [2.75, 3.05) is 11.9 Å². The number of hydrogen-bond donors (Lipinski definition) is 2. The Labute approximate surface area is 154 Å². The van der Waals surface area contributed by atoms with E-state index in [0.29, 0.717) is 22.2 Å². The van der Waals surface area contributed by atoms with Crippen molar-refractivity contribution in [1.82, 2.24) is 0 Å². The van der Waals surface area contributed by atoms with Crippen LogP contribution in [0.3, 0.4) is 0 Å². The van der Waals surface area contributed by atoms with Crippen molar-refractivity contribution in [3.8, 4) is 17.1 Å². The quantitative estimate of drug-likeness (QED) is 0.673. The highest BCUT2D eigenvalue weighted by Gasteiger charge is 2.13. The molecule has 2 N–H and O–H groups in total. The van der Waals surface area contributed by atoms with Gasteiger partial charge in [0.15, 0.2) is 12.4 Å². The molecule has 26 heavy (non-hydrogen) atoms. The zero-order chi connectivity index (χ0) is 18.5. The first-order chi connectivity index (χ1) is 12.5. The van der Waals surface area contributed by atoms with Gasteiger partial charge in [-0.1, -0.05) is 29.8 Å². The first-order valence-electron chi connectivity index (χ1n) is 7.63. The van der Waals surface area contributed by atoms with Gasteiger partial charge in [-0.25, -0.2) is 4.79 Å². The molecule has 6 nitrogen and oxygen atoms in total. The summed E-state index contributed by atoms with van der Waals surface area (Å²) in [4.78, 5) is 22.9. The molecule has 1 heterocycles. The van der Waals surface area contributed by atoms with Crippen LogP contribution < -0.4 is 10.1 Å². The van der Waals surface area contributed by atoms with E-state index in [1.54, 1.807) is 48.5 Å². The molecule has 0 saturated heterocycles. The first kappa shape index (κ1) is 17.6. The third-order valence-electron chi connectivity index (χ3n) is 3.39. The Bertz CT molecular complexity index is 950. The molecule has 3 aromatic rings. The summed E-state index contributed by atoms with van der Waals surface area (Å²) in [6.45, 7) is -0.460. The van der Waals surface area contributed by atoms with E-state index in [2.05, 4.69) is 5.32 Å². The summed E-state index contributed by atoms with van der Waals surface area (Å²) in [5.74, 6) is -0.519. The number of anilines is 1. The number of furan rings is 1. The van der Waals surface area contributed by atoms with E-state index in [-0.39, 0.29) is 5.76 Å². The fourth-order valence-corrected chi connectivity index (χ4v) is 2.45. The molecule has 0 aliphatic heterocycles. The average Bonchev–Trinajstić information content (AvgIpc) is 3.11. The molecule has 3 rings (SSSR count). The minimum atomic E-state index is -1.08. The van der Waals surface area contributed by atoms with Crippen LogP contribution in [0, 0.1) is 0 Å². The fourth-order valence-electron chi connectivity index (χ4n) is 2.26. The minimum Gasteiger partial charge on any atom is -0.482 e. The molecule has 0 aliphatic rings. The predicted molar refractivity (Wildman–Crippen MR) is 96.7 cm³/mol. The summed E-state index contributed by atoms with van der Waals surface area (Å²) < 4.78 is 10.7. The number of carboxylic acid groups (broad SMARTS) is 1. The van der Waals surface area contributed by atoms with Gasteiger partial charge in [0.05, 0.1) is 0 Å². The molecule has 0 spiro atoms. The molecule has 7 heteroatoms. The number of aliphatic carboxylic acids is 1. The monoisotopic (exact) mass is 371 g/mol. The Kier molecular flexibility index (Phi) is 5.24. The number of halogens is 1. The Balaban J connectivity index is 1.71. The maximum atomic E-state index is 12.3. The van der Waals surface area contributed by atoms with E-state index >= 15 is 0 Å². The Morgan fingerprint density at radius 2 is 1.88 bits per heavy atom. The number of carbonyl (C=O) groups excluding carboxylic acids is 1. The molecular weight excluding hydrogens is 358 g/mol. The summed E-state index contributed by atoms with van der Waals surface area (Å²) in [6, 6.07) is 16.8. The molecular formula is C19H14ClNO5. The molecule has 132 valence electrons. The van der Waals surface area contributed by atoms with E-state index in [0.717, 1.165) is 5.56 Å². The van der Waals surface area contributed by atoms with Crippen LogP contribution in [-0.2, 0) is 4.79 Å². The molecule has 0 fully saturated rings. The lowest BCUT2D eigenvalue weighted by atomic mass is 10.2. The van der Waals surface area contributed by atoms with E-state index in [1.165, 1.54) is 6.07 Å². The summed E-state index contributed by atoms with van der Waals surface area (Å²) in [6.07, 6.45) is 0. The summed E-state index contributed by atoms with van der Waals surface area (Å²) >= 11 is 5.96. The van der Waals surface area contributed by atoms with Gasteiger partial charge in [-0.2, -0.15) is 0 Å². The zero-order valence-corrected chi connectivity index (χ0v) is 14.2. The van der Waals surface area contributed by atoms with Crippen molar-refractivity contribution in [2.45, 2.75) is 0 Å². The highest BCUT2D eigenvalue weighted by molar-refractivity contribution is 6.30. The van der Waals surface area contributed by atoms with Gasteiger partial charge in [-0.15, -0.1) is 0 Å². The lowest BCUT2D eigenvalue weighted by molar-refractivity contribution is -0.139. The van der Waals surface area contributed by atoms with Gasteiger partial charge in [-0.05, 0) is 36.4 Å². The number of carboxylic acids is 1. The molecule has 2 aromatic carbocycles. The molecule has 0 atom stereocenters. The van der Waals surface area contributed by atoms with Crippen LogP contribution >= 0.6 is 11.6 Å². The number of carbonyl (C=O) groups is 2. The van der Waals surface area contributed by atoms with Gasteiger partial charge < -0.3 is 19.6 Å². The van der Waals surface area contributed by atoms with Crippen LogP contribution in [0.4, 0.5) is 5.69 Å².